The van der Waals surface area contributed by atoms with E-state index in [1.807, 2.05) is 18.4 Å². The van der Waals surface area contributed by atoms with E-state index in [9.17, 15) is 13.2 Å². The van der Waals surface area contributed by atoms with Crippen LogP contribution in [-0.4, -0.2) is 51.7 Å². The van der Waals surface area contributed by atoms with Crippen LogP contribution in [0.5, 0.6) is 0 Å². The standard InChI is InChI=1S/C23H29N3O3S2/c1-30-22-12-11-20(17-21(22)23(27)26-15-5-6-16-26)31(28,29)24-18-7-9-19(10-8-18)25-13-3-2-4-14-25/h7-12,17,24H,2-6,13-16H2,1H3. The molecular weight excluding hydrogens is 430 g/mol. The minimum atomic E-state index is -3.80. The third-order valence-corrected chi connectivity index (χ3v) is 8.12. The highest BCUT2D eigenvalue weighted by atomic mass is 32.2. The molecule has 0 bridgehead atoms. The van der Waals surface area contributed by atoms with Gasteiger partial charge in [0.05, 0.1) is 10.5 Å². The van der Waals surface area contributed by atoms with Crippen LogP contribution in [0.1, 0.15) is 42.5 Å². The van der Waals surface area contributed by atoms with Crippen LogP contribution in [-0.2, 0) is 10.0 Å². The van der Waals surface area contributed by atoms with E-state index in [2.05, 4.69) is 9.62 Å². The van der Waals surface area contributed by atoms with Crippen molar-refractivity contribution >= 4 is 39.1 Å². The fourth-order valence-electron chi connectivity index (χ4n) is 4.22. The topological polar surface area (TPSA) is 69.7 Å². The number of piperidine rings is 1. The van der Waals surface area contributed by atoms with Gasteiger partial charge in [0.15, 0.2) is 0 Å². The molecule has 2 aromatic carbocycles. The molecule has 0 unspecified atom stereocenters. The number of carbonyl (C=O) groups is 1. The molecule has 0 atom stereocenters. The predicted molar refractivity (Wildman–Crippen MR) is 127 cm³/mol. The number of thioether (sulfide) groups is 1. The van der Waals surface area contributed by atoms with E-state index in [1.165, 1.54) is 37.1 Å². The molecule has 2 heterocycles. The molecule has 2 aromatic rings. The van der Waals surface area contributed by atoms with E-state index >= 15 is 0 Å². The van der Waals surface area contributed by atoms with Crippen molar-refractivity contribution in [2.45, 2.75) is 41.9 Å². The largest absolute Gasteiger partial charge is 0.372 e. The summed E-state index contributed by atoms with van der Waals surface area (Å²) < 4.78 is 28.7. The Balaban J connectivity index is 1.54. The van der Waals surface area contributed by atoms with Crippen molar-refractivity contribution in [3.05, 3.63) is 48.0 Å². The molecule has 0 aromatic heterocycles. The fourth-order valence-corrected chi connectivity index (χ4v) is 5.87. The number of anilines is 2. The van der Waals surface area contributed by atoms with Gasteiger partial charge in [0.1, 0.15) is 0 Å². The van der Waals surface area contributed by atoms with Gasteiger partial charge in [-0.3, -0.25) is 9.52 Å². The summed E-state index contributed by atoms with van der Waals surface area (Å²) in [7, 11) is -3.80. The molecule has 2 aliphatic rings. The van der Waals surface area contributed by atoms with Crippen LogP contribution in [0.4, 0.5) is 11.4 Å². The highest BCUT2D eigenvalue weighted by Crippen LogP contribution is 2.28. The first kappa shape index (κ1) is 22.0. The van der Waals surface area contributed by atoms with Gasteiger partial charge in [0.2, 0.25) is 0 Å². The maximum absolute atomic E-state index is 13.0. The Morgan fingerprint density at radius 2 is 1.55 bits per heavy atom. The number of amides is 1. The lowest BCUT2D eigenvalue weighted by molar-refractivity contribution is 0.0789. The molecule has 31 heavy (non-hydrogen) atoms. The van der Waals surface area contributed by atoms with Gasteiger partial charge >= 0.3 is 0 Å². The van der Waals surface area contributed by atoms with Gasteiger partial charge in [-0.15, -0.1) is 11.8 Å². The van der Waals surface area contributed by atoms with Gasteiger partial charge < -0.3 is 9.80 Å². The predicted octanol–water partition coefficient (Wildman–Crippen LogP) is 4.44. The van der Waals surface area contributed by atoms with Crippen LogP contribution in [0.15, 0.2) is 52.3 Å². The second-order valence-electron chi connectivity index (χ2n) is 8.06. The molecule has 1 N–H and O–H groups in total. The first-order valence-corrected chi connectivity index (χ1v) is 13.5. The average Bonchev–Trinajstić information content (AvgIpc) is 3.34. The highest BCUT2D eigenvalue weighted by Gasteiger charge is 2.24. The monoisotopic (exact) mass is 459 g/mol. The molecular formula is C23H29N3O3S2. The Labute approximate surface area is 189 Å². The molecule has 6 nitrogen and oxygen atoms in total. The molecule has 2 fully saturated rings. The van der Waals surface area contributed by atoms with E-state index < -0.39 is 10.0 Å². The number of nitrogens with one attached hydrogen (secondary N) is 1. The van der Waals surface area contributed by atoms with E-state index in [0.29, 0.717) is 11.3 Å². The molecule has 0 radical (unpaired) electrons. The first-order valence-electron chi connectivity index (χ1n) is 10.8. The molecule has 166 valence electrons. The zero-order valence-electron chi connectivity index (χ0n) is 17.8. The molecule has 1 amide bonds. The van der Waals surface area contributed by atoms with Crippen molar-refractivity contribution in [1.29, 1.82) is 0 Å². The Hall–Kier alpha value is -2.19. The van der Waals surface area contributed by atoms with Crippen LogP contribution in [0.25, 0.3) is 0 Å². The minimum Gasteiger partial charge on any atom is -0.372 e. The van der Waals surface area contributed by atoms with Crippen molar-refractivity contribution in [2.75, 3.05) is 42.1 Å². The Bertz CT molecular complexity index is 1030. The molecule has 8 heteroatoms. The summed E-state index contributed by atoms with van der Waals surface area (Å²) in [6.45, 7) is 3.54. The smallest absolute Gasteiger partial charge is 0.261 e. The number of rotatable bonds is 6. The Morgan fingerprint density at radius 3 is 2.19 bits per heavy atom. The highest BCUT2D eigenvalue weighted by molar-refractivity contribution is 7.98. The van der Waals surface area contributed by atoms with Crippen LogP contribution < -0.4 is 9.62 Å². The number of carbonyl (C=O) groups excluding carboxylic acids is 1. The van der Waals surface area contributed by atoms with E-state index in [-0.39, 0.29) is 10.8 Å². The Kier molecular flexibility index (Phi) is 6.77. The van der Waals surface area contributed by atoms with Crippen molar-refractivity contribution in [3.63, 3.8) is 0 Å². The van der Waals surface area contributed by atoms with Crippen LogP contribution in [0.2, 0.25) is 0 Å². The summed E-state index contributed by atoms with van der Waals surface area (Å²) >= 11 is 1.45. The second kappa shape index (κ2) is 9.53. The van der Waals surface area contributed by atoms with Crippen LogP contribution in [0.3, 0.4) is 0 Å². The van der Waals surface area contributed by atoms with Gasteiger partial charge in [0.25, 0.3) is 15.9 Å². The average molecular weight is 460 g/mol. The van der Waals surface area contributed by atoms with Crippen molar-refractivity contribution in [1.82, 2.24) is 4.90 Å². The molecule has 0 aliphatic carbocycles. The first-order chi connectivity index (χ1) is 15.0. The van der Waals surface area contributed by atoms with Gasteiger partial charge in [-0.2, -0.15) is 0 Å². The summed E-state index contributed by atoms with van der Waals surface area (Å²) in [5.41, 5.74) is 2.09. The lowest BCUT2D eigenvalue weighted by Crippen LogP contribution is -2.29. The SMILES string of the molecule is CSc1ccc(S(=O)(=O)Nc2ccc(N3CCCCC3)cc2)cc1C(=O)N1CCCC1. The van der Waals surface area contributed by atoms with Crippen molar-refractivity contribution < 1.29 is 13.2 Å². The van der Waals surface area contributed by atoms with Crippen molar-refractivity contribution in [3.8, 4) is 0 Å². The molecule has 2 aliphatic heterocycles. The molecule has 0 saturated carbocycles. The summed E-state index contributed by atoms with van der Waals surface area (Å²) in [5, 5.41) is 0. The number of nitrogens with zero attached hydrogens (tertiary/aromatic N) is 2. The lowest BCUT2D eigenvalue weighted by atomic mass is 10.1. The van der Waals surface area contributed by atoms with E-state index in [0.717, 1.165) is 49.6 Å². The normalized spacial score (nSPS) is 17.1. The number of benzene rings is 2. The molecule has 4 rings (SSSR count). The third kappa shape index (κ3) is 5.01. The maximum Gasteiger partial charge on any atom is 0.261 e. The summed E-state index contributed by atoms with van der Waals surface area (Å²) in [6.07, 6.45) is 7.54. The van der Waals surface area contributed by atoms with Crippen molar-refractivity contribution in [2.24, 2.45) is 0 Å². The number of likely N-dealkylation sites (tertiary alicyclic amines) is 1. The Morgan fingerprint density at radius 1 is 0.903 bits per heavy atom. The molecule has 0 spiro atoms. The zero-order chi connectivity index (χ0) is 21.8. The van der Waals surface area contributed by atoms with Crippen LogP contribution >= 0.6 is 11.8 Å². The van der Waals surface area contributed by atoms with E-state index in [4.69, 9.17) is 0 Å². The maximum atomic E-state index is 13.0. The molecule has 2 saturated heterocycles. The van der Waals surface area contributed by atoms with Crippen LogP contribution in [0, 0.1) is 0 Å². The lowest BCUT2D eigenvalue weighted by Gasteiger charge is -2.28. The van der Waals surface area contributed by atoms with Gasteiger partial charge in [-0.1, -0.05) is 0 Å². The quantitative estimate of drug-likeness (QED) is 0.647. The summed E-state index contributed by atoms with van der Waals surface area (Å²) in [6, 6.07) is 12.3. The fraction of sp³-hybridized carbons (Fsp3) is 0.435. The summed E-state index contributed by atoms with van der Waals surface area (Å²) in [5.74, 6) is -0.0928. The minimum absolute atomic E-state index is 0.0928. The van der Waals surface area contributed by atoms with Gasteiger partial charge in [-0.25, -0.2) is 8.42 Å². The number of hydrogen-bond donors (Lipinski definition) is 1. The number of hydrogen-bond acceptors (Lipinski definition) is 5. The summed E-state index contributed by atoms with van der Waals surface area (Å²) in [4.78, 5) is 18.0. The third-order valence-electron chi connectivity index (χ3n) is 5.95. The zero-order valence-corrected chi connectivity index (χ0v) is 19.5. The van der Waals surface area contributed by atoms with Gasteiger partial charge in [-0.05, 0) is 80.8 Å². The van der Waals surface area contributed by atoms with E-state index in [1.54, 1.807) is 29.2 Å². The van der Waals surface area contributed by atoms with Gasteiger partial charge in [0, 0.05) is 42.4 Å². The number of sulfonamides is 1. The second-order valence-corrected chi connectivity index (χ2v) is 10.6.